The second kappa shape index (κ2) is 4.94. The number of rotatable bonds is 3. The van der Waals surface area contributed by atoms with Crippen LogP contribution in [0, 0.1) is 0 Å². The summed E-state index contributed by atoms with van der Waals surface area (Å²) in [5.41, 5.74) is 0. The lowest BCUT2D eigenvalue weighted by Gasteiger charge is -2.27. The van der Waals surface area contributed by atoms with Crippen LogP contribution >= 0.6 is 0 Å². The minimum absolute atomic E-state index is 0.0884. The van der Waals surface area contributed by atoms with Crippen molar-refractivity contribution in [3.63, 3.8) is 0 Å². The highest BCUT2D eigenvalue weighted by molar-refractivity contribution is 5.40. The third kappa shape index (κ3) is 2.53. The Morgan fingerprint density at radius 3 is 2.88 bits per heavy atom. The maximum absolute atomic E-state index is 5.86. The van der Waals surface area contributed by atoms with E-state index >= 15 is 0 Å². The SMILES string of the molecule is c1ccc2c(c1)OCC(CNC1CCOC1)O2. The van der Waals surface area contributed by atoms with Crippen LogP contribution in [0.1, 0.15) is 6.42 Å². The summed E-state index contributed by atoms with van der Waals surface area (Å²) in [4.78, 5) is 0. The Bertz CT molecular complexity index is 377. The molecule has 3 rings (SSSR count). The molecule has 1 fully saturated rings. The topological polar surface area (TPSA) is 39.7 Å². The summed E-state index contributed by atoms with van der Waals surface area (Å²) in [6.07, 6.45) is 1.18. The smallest absolute Gasteiger partial charge is 0.161 e. The summed E-state index contributed by atoms with van der Waals surface area (Å²) >= 11 is 0. The number of nitrogens with one attached hydrogen (secondary N) is 1. The lowest BCUT2D eigenvalue weighted by molar-refractivity contribution is 0.0873. The van der Waals surface area contributed by atoms with E-state index in [4.69, 9.17) is 14.2 Å². The molecule has 1 aromatic carbocycles. The molecule has 1 N–H and O–H groups in total. The van der Waals surface area contributed by atoms with Gasteiger partial charge in [-0.1, -0.05) is 12.1 Å². The molecule has 1 saturated heterocycles. The standard InChI is InChI=1S/C13H17NO3/c1-2-4-13-12(3-1)16-9-11(17-13)7-14-10-5-6-15-8-10/h1-4,10-11,14H,5-9H2. The lowest BCUT2D eigenvalue weighted by atomic mass is 10.2. The average molecular weight is 235 g/mol. The normalized spacial score (nSPS) is 27.1. The van der Waals surface area contributed by atoms with E-state index in [0.717, 1.165) is 37.7 Å². The molecular formula is C13H17NO3. The Kier molecular flexibility index (Phi) is 3.16. The number of fused-ring (bicyclic) bond motifs is 1. The van der Waals surface area contributed by atoms with Crippen molar-refractivity contribution in [1.82, 2.24) is 5.32 Å². The zero-order chi connectivity index (χ0) is 11.5. The molecule has 0 radical (unpaired) electrons. The van der Waals surface area contributed by atoms with Crippen molar-refractivity contribution in [3.05, 3.63) is 24.3 Å². The van der Waals surface area contributed by atoms with Gasteiger partial charge in [-0.2, -0.15) is 0 Å². The van der Waals surface area contributed by atoms with Crippen molar-refractivity contribution in [2.75, 3.05) is 26.4 Å². The second-order valence-corrected chi connectivity index (χ2v) is 4.47. The zero-order valence-corrected chi connectivity index (χ0v) is 9.72. The molecule has 1 aromatic rings. The molecule has 92 valence electrons. The minimum atomic E-state index is 0.0884. The van der Waals surface area contributed by atoms with Gasteiger partial charge in [-0.25, -0.2) is 0 Å². The second-order valence-electron chi connectivity index (χ2n) is 4.47. The number of benzene rings is 1. The monoisotopic (exact) mass is 235 g/mol. The Morgan fingerprint density at radius 2 is 2.06 bits per heavy atom. The first-order chi connectivity index (χ1) is 8.42. The molecule has 4 heteroatoms. The third-order valence-corrected chi connectivity index (χ3v) is 3.13. The van der Waals surface area contributed by atoms with Gasteiger partial charge in [0.25, 0.3) is 0 Å². The van der Waals surface area contributed by atoms with Crippen LogP contribution in [-0.2, 0) is 4.74 Å². The minimum Gasteiger partial charge on any atom is -0.486 e. The summed E-state index contributed by atoms with van der Waals surface area (Å²) in [6.45, 7) is 3.09. The van der Waals surface area contributed by atoms with Gasteiger partial charge in [0.1, 0.15) is 12.7 Å². The molecule has 2 atom stereocenters. The van der Waals surface area contributed by atoms with Crippen molar-refractivity contribution < 1.29 is 14.2 Å². The summed E-state index contributed by atoms with van der Waals surface area (Å²) < 4.78 is 16.8. The van der Waals surface area contributed by atoms with E-state index in [9.17, 15) is 0 Å². The zero-order valence-electron chi connectivity index (χ0n) is 9.72. The Morgan fingerprint density at radius 1 is 1.18 bits per heavy atom. The van der Waals surface area contributed by atoms with Gasteiger partial charge in [0.05, 0.1) is 6.61 Å². The fourth-order valence-electron chi connectivity index (χ4n) is 2.16. The summed E-state index contributed by atoms with van der Waals surface area (Å²) in [6, 6.07) is 8.26. The van der Waals surface area contributed by atoms with Gasteiger partial charge in [0.15, 0.2) is 11.5 Å². The molecule has 0 amide bonds. The van der Waals surface area contributed by atoms with Crippen LogP contribution in [0.4, 0.5) is 0 Å². The van der Waals surface area contributed by atoms with Crippen LogP contribution in [0.3, 0.4) is 0 Å². The highest BCUT2D eigenvalue weighted by Gasteiger charge is 2.22. The largest absolute Gasteiger partial charge is 0.486 e. The molecule has 2 aliphatic rings. The quantitative estimate of drug-likeness (QED) is 0.854. The number of para-hydroxylation sites is 2. The van der Waals surface area contributed by atoms with E-state index in [2.05, 4.69) is 5.32 Å². The predicted octanol–water partition coefficient (Wildman–Crippen LogP) is 1.20. The molecule has 4 nitrogen and oxygen atoms in total. The molecule has 17 heavy (non-hydrogen) atoms. The van der Waals surface area contributed by atoms with Crippen LogP contribution < -0.4 is 14.8 Å². The van der Waals surface area contributed by atoms with Crippen LogP contribution in [0.5, 0.6) is 11.5 Å². The first-order valence-electron chi connectivity index (χ1n) is 6.11. The maximum atomic E-state index is 5.86. The Labute approximate surface area is 101 Å². The number of hydrogen-bond donors (Lipinski definition) is 1. The molecule has 0 saturated carbocycles. The molecule has 2 unspecified atom stereocenters. The Balaban J connectivity index is 1.53. The van der Waals surface area contributed by atoms with Gasteiger partial charge in [-0.3, -0.25) is 0 Å². The van der Waals surface area contributed by atoms with Crippen molar-refractivity contribution >= 4 is 0 Å². The van der Waals surface area contributed by atoms with Crippen molar-refractivity contribution in [3.8, 4) is 11.5 Å². The Hall–Kier alpha value is -1.26. The first-order valence-corrected chi connectivity index (χ1v) is 6.11. The molecular weight excluding hydrogens is 218 g/mol. The van der Waals surface area contributed by atoms with Gasteiger partial charge in [-0.05, 0) is 18.6 Å². The summed E-state index contributed by atoms with van der Waals surface area (Å²) in [5, 5.41) is 3.45. The number of hydrogen-bond acceptors (Lipinski definition) is 4. The van der Waals surface area contributed by atoms with E-state index in [1.165, 1.54) is 0 Å². The fourth-order valence-corrected chi connectivity index (χ4v) is 2.16. The van der Waals surface area contributed by atoms with Crippen molar-refractivity contribution in [1.29, 1.82) is 0 Å². The van der Waals surface area contributed by atoms with Crippen LogP contribution in [-0.4, -0.2) is 38.5 Å². The van der Waals surface area contributed by atoms with E-state index in [0.29, 0.717) is 12.6 Å². The van der Waals surface area contributed by atoms with Gasteiger partial charge < -0.3 is 19.5 Å². The fraction of sp³-hybridized carbons (Fsp3) is 0.538. The highest BCUT2D eigenvalue weighted by atomic mass is 16.6. The molecule has 0 aliphatic carbocycles. The highest BCUT2D eigenvalue weighted by Crippen LogP contribution is 2.30. The van der Waals surface area contributed by atoms with E-state index in [-0.39, 0.29) is 6.10 Å². The van der Waals surface area contributed by atoms with Crippen LogP contribution in [0.15, 0.2) is 24.3 Å². The van der Waals surface area contributed by atoms with Gasteiger partial charge in [0, 0.05) is 19.2 Å². The van der Waals surface area contributed by atoms with Gasteiger partial charge in [-0.15, -0.1) is 0 Å². The van der Waals surface area contributed by atoms with Gasteiger partial charge >= 0.3 is 0 Å². The molecule has 0 bridgehead atoms. The molecule has 2 heterocycles. The first kappa shape index (κ1) is 10.9. The maximum Gasteiger partial charge on any atom is 0.161 e. The van der Waals surface area contributed by atoms with Crippen LogP contribution in [0.2, 0.25) is 0 Å². The van der Waals surface area contributed by atoms with Crippen molar-refractivity contribution in [2.45, 2.75) is 18.6 Å². The number of ether oxygens (including phenoxy) is 3. The molecule has 0 aromatic heterocycles. The summed E-state index contributed by atoms with van der Waals surface area (Å²) in [7, 11) is 0. The molecule has 0 spiro atoms. The molecule has 2 aliphatic heterocycles. The summed E-state index contributed by atoms with van der Waals surface area (Å²) in [5.74, 6) is 1.68. The third-order valence-electron chi connectivity index (χ3n) is 3.13. The van der Waals surface area contributed by atoms with Gasteiger partial charge in [0.2, 0.25) is 0 Å². The lowest BCUT2D eigenvalue weighted by Crippen LogP contribution is -2.42. The van der Waals surface area contributed by atoms with E-state index < -0.39 is 0 Å². The predicted molar refractivity (Wildman–Crippen MR) is 63.6 cm³/mol. The average Bonchev–Trinajstić information content (AvgIpc) is 2.89. The van der Waals surface area contributed by atoms with Crippen molar-refractivity contribution in [2.24, 2.45) is 0 Å². The van der Waals surface area contributed by atoms with E-state index in [1.807, 2.05) is 24.3 Å². The van der Waals surface area contributed by atoms with E-state index in [1.54, 1.807) is 0 Å². The van der Waals surface area contributed by atoms with Crippen LogP contribution in [0.25, 0.3) is 0 Å².